The highest BCUT2D eigenvalue weighted by Crippen LogP contribution is 2.30. The smallest absolute Gasteiger partial charge is 0.136 e. The van der Waals surface area contributed by atoms with Crippen LogP contribution in [0.5, 0.6) is 0 Å². The lowest BCUT2D eigenvalue weighted by molar-refractivity contribution is 0.125. The van der Waals surface area contributed by atoms with Gasteiger partial charge in [0.2, 0.25) is 0 Å². The third-order valence-corrected chi connectivity index (χ3v) is 3.80. The summed E-state index contributed by atoms with van der Waals surface area (Å²) in [6.45, 7) is 2.16. The fourth-order valence-corrected chi connectivity index (χ4v) is 2.56. The fourth-order valence-electron chi connectivity index (χ4n) is 2.10. The van der Waals surface area contributed by atoms with Gasteiger partial charge in [0.15, 0.2) is 0 Å². The highest BCUT2D eigenvalue weighted by molar-refractivity contribution is 9.10. The number of hydrogen-bond acceptors (Lipinski definition) is 4. The number of nitrogens with two attached hydrogens (primary N) is 1. The topological polar surface area (TPSA) is 51.6 Å². The van der Waals surface area contributed by atoms with E-state index in [2.05, 4.69) is 27.9 Å². The summed E-state index contributed by atoms with van der Waals surface area (Å²) in [6, 6.07) is 2.44. The van der Waals surface area contributed by atoms with Crippen LogP contribution in [0.1, 0.15) is 18.2 Å². The maximum atomic E-state index is 5.84. The first-order chi connectivity index (χ1) is 7.74. The molecule has 2 heterocycles. The van der Waals surface area contributed by atoms with E-state index >= 15 is 0 Å². The van der Waals surface area contributed by atoms with E-state index in [1.54, 1.807) is 6.26 Å². The molecule has 1 aromatic heterocycles. The summed E-state index contributed by atoms with van der Waals surface area (Å²) in [5, 5.41) is 0. The summed E-state index contributed by atoms with van der Waals surface area (Å²) in [4.78, 5) is 2.25. The van der Waals surface area contributed by atoms with Crippen molar-refractivity contribution in [2.75, 3.05) is 26.8 Å². The monoisotopic (exact) mass is 288 g/mol. The quantitative estimate of drug-likeness (QED) is 0.917. The van der Waals surface area contributed by atoms with Gasteiger partial charge in [-0.3, -0.25) is 4.90 Å². The molecule has 0 radical (unpaired) electrons. The molecule has 2 N–H and O–H groups in total. The SMILES string of the molecule is CN(C1CCOC1)C(CN)c1occc1Br. The van der Waals surface area contributed by atoms with Crippen LogP contribution in [-0.4, -0.2) is 37.7 Å². The molecule has 0 bridgehead atoms. The van der Waals surface area contributed by atoms with E-state index in [9.17, 15) is 0 Å². The Morgan fingerprint density at radius 1 is 1.69 bits per heavy atom. The Morgan fingerprint density at radius 3 is 3.00 bits per heavy atom. The van der Waals surface area contributed by atoms with Crippen LogP contribution in [0.2, 0.25) is 0 Å². The molecule has 90 valence electrons. The highest BCUT2D eigenvalue weighted by atomic mass is 79.9. The Bertz CT molecular complexity index is 336. The third-order valence-electron chi connectivity index (χ3n) is 3.14. The molecule has 1 fully saturated rings. The van der Waals surface area contributed by atoms with Crippen molar-refractivity contribution in [3.05, 3.63) is 22.6 Å². The molecule has 2 atom stereocenters. The number of nitrogens with zero attached hydrogens (tertiary/aromatic N) is 1. The number of ether oxygens (including phenoxy) is 1. The first-order valence-corrected chi connectivity index (χ1v) is 6.26. The van der Waals surface area contributed by atoms with Gasteiger partial charge in [-0.1, -0.05) is 0 Å². The third kappa shape index (κ3) is 2.32. The second kappa shape index (κ2) is 5.31. The summed E-state index contributed by atoms with van der Waals surface area (Å²) in [5.41, 5.74) is 5.84. The van der Waals surface area contributed by atoms with E-state index in [1.807, 2.05) is 6.07 Å². The van der Waals surface area contributed by atoms with Crippen molar-refractivity contribution in [1.82, 2.24) is 4.90 Å². The average Bonchev–Trinajstić information content (AvgIpc) is 2.91. The predicted molar refractivity (Wildman–Crippen MR) is 65.2 cm³/mol. The lowest BCUT2D eigenvalue weighted by Gasteiger charge is -2.30. The fraction of sp³-hybridized carbons (Fsp3) is 0.636. The van der Waals surface area contributed by atoms with Crippen molar-refractivity contribution in [2.45, 2.75) is 18.5 Å². The minimum Gasteiger partial charge on any atom is -0.466 e. The first-order valence-electron chi connectivity index (χ1n) is 5.46. The molecule has 1 saturated heterocycles. The molecule has 1 aliphatic heterocycles. The summed E-state index contributed by atoms with van der Waals surface area (Å²) in [7, 11) is 2.08. The number of likely N-dealkylation sites (N-methyl/N-ethyl adjacent to an activating group) is 1. The number of hydrogen-bond donors (Lipinski definition) is 1. The minimum absolute atomic E-state index is 0.107. The summed E-state index contributed by atoms with van der Waals surface area (Å²) >= 11 is 3.48. The standard InChI is InChI=1S/C11H17BrN2O2/c1-14(8-2-4-15-7-8)10(6-13)11-9(12)3-5-16-11/h3,5,8,10H,2,4,6-7,13H2,1H3. The summed E-state index contributed by atoms with van der Waals surface area (Å²) in [5.74, 6) is 0.900. The van der Waals surface area contributed by atoms with Crippen LogP contribution in [0.15, 0.2) is 21.2 Å². The number of rotatable bonds is 4. The van der Waals surface area contributed by atoms with Crippen LogP contribution in [0.4, 0.5) is 0 Å². The molecule has 0 amide bonds. The summed E-state index contributed by atoms with van der Waals surface area (Å²) in [6.07, 6.45) is 2.74. The molecule has 1 aliphatic rings. The van der Waals surface area contributed by atoms with Gasteiger partial charge in [0, 0.05) is 19.2 Å². The van der Waals surface area contributed by atoms with Crippen LogP contribution >= 0.6 is 15.9 Å². The van der Waals surface area contributed by atoms with Crippen molar-refractivity contribution in [3.63, 3.8) is 0 Å². The number of halogens is 1. The van der Waals surface area contributed by atoms with Gasteiger partial charge in [-0.05, 0) is 35.5 Å². The molecule has 2 rings (SSSR count). The molecule has 4 nitrogen and oxygen atoms in total. The van der Waals surface area contributed by atoms with E-state index < -0.39 is 0 Å². The van der Waals surface area contributed by atoms with Crippen LogP contribution < -0.4 is 5.73 Å². The molecular formula is C11H17BrN2O2. The Balaban J connectivity index is 2.12. The van der Waals surface area contributed by atoms with Gasteiger partial charge in [0.25, 0.3) is 0 Å². The molecular weight excluding hydrogens is 272 g/mol. The van der Waals surface area contributed by atoms with Crippen molar-refractivity contribution in [3.8, 4) is 0 Å². The zero-order valence-corrected chi connectivity index (χ0v) is 10.9. The van der Waals surface area contributed by atoms with Crippen LogP contribution in [0, 0.1) is 0 Å². The largest absolute Gasteiger partial charge is 0.466 e. The highest BCUT2D eigenvalue weighted by Gasteiger charge is 2.29. The number of furan rings is 1. The van der Waals surface area contributed by atoms with E-state index in [-0.39, 0.29) is 6.04 Å². The van der Waals surface area contributed by atoms with Crippen molar-refractivity contribution in [1.29, 1.82) is 0 Å². The van der Waals surface area contributed by atoms with Gasteiger partial charge in [0.05, 0.1) is 23.4 Å². The maximum Gasteiger partial charge on any atom is 0.136 e. The first kappa shape index (κ1) is 12.1. The van der Waals surface area contributed by atoms with E-state index in [0.717, 1.165) is 29.9 Å². The molecule has 2 unspecified atom stereocenters. The van der Waals surface area contributed by atoms with Crippen molar-refractivity contribution < 1.29 is 9.15 Å². The summed E-state index contributed by atoms with van der Waals surface area (Å²) < 4.78 is 11.9. The lowest BCUT2D eigenvalue weighted by atomic mass is 10.1. The van der Waals surface area contributed by atoms with E-state index in [1.165, 1.54) is 0 Å². The van der Waals surface area contributed by atoms with Gasteiger partial charge in [-0.25, -0.2) is 0 Å². The Labute approximate surface area is 104 Å². The maximum absolute atomic E-state index is 5.84. The van der Waals surface area contributed by atoms with E-state index in [4.69, 9.17) is 14.9 Å². The van der Waals surface area contributed by atoms with Gasteiger partial charge >= 0.3 is 0 Å². The molecule has 5 heteroatoms. The molecule has 0 aromatic carbocycles. The van der Waals surface area contributed by atoms with Gasteiger partial charge in [-0.2, -0.15) is 0 Å². The zero-order chi connectivity index (χ0) is 11.5. The zero-order valence-electron chi connectivity index (χ0n) is 9.36. The molecule has 0 saturated carbocycles. The molecule has 0 spiro atoms. The normalized spacial score (nSPS) is 22.9. The van der Waals surface area contributed by atoms with Crippen LogP contribution in [0.25, 0.3) is 0 Å². The van der Waals surface area contributed by atoms with Crippen LogP contribution in [-0.2, 0) is 4.74 Å². The van der Waals surface area contributed by atoms with Crippen molar-refractivity contribution >= 4 is 15.9 Å². The van der Waals surface area contributed by atoms with Gasteiger partial charge in [-0.15, -0.1) is 0 Å². The van der Waals surface area contributed by atoms with Gasteiger partial charge in [0.1, 0.15) is 5.76 Å². The van der Waals surface area contributed by atoms with Gasteiger partial charge < -0.3 is 14.9 Å². The minimum atomic E-state index is 0.107. The van der Waals surface area contributed by atoms with Crippen LogP contribution in [0.3, 0.4) is 0 Å². The molecule has 1 aromatic rings. The Hall–Kier alpha value is -0.360. The van der Waals surface area contributed by atoms with Crippen molar-refractivity contribution in [2.24, 2.45) is 5.73 Å². The second-order valence-corrected chi connectivity index (χ2v) is 4.92. The predicted octanol–water partition coefficient (Wildman–Crippen LogP) is 1.76. The second-order valence-electron chi connectivity index (χ2n) is 4.07. The Kier molecular flexibility index (Phi) is 4.02. The Morgan fingerprint density at radius 2 is 2.50 bits per heavy atom. The lowest BCUT2D eigenvalue weighted by Crippen LogP contribution is -2.38. The average molecular weight is 289 g/mol. The van der Waals surface area contributed by atoms with E-state index in [0.29, 0.717) is 12.6 Å². The molecule has 16 heavy (non-hydrogen) atoms. The molecule has 0 aliphatic carbocycles.